The second-order valence-electron chi connectivity index (χ2n) is 6.66. The third-order valence-corrected chi connectivity index (χ3v) is 6.29. The van der Waals surface area contributed by atoms with E-state index in [2.05, 4.69) is 5.32 Å². The van der Waals surface area contributed by atoms with Crippen molar-refractivity contribution in [2.45, 2.75) is 12.3 Å². The zero-order valence-electron chi connectivity index (χ0n) is 15.9. The topological polar surface area (TPSA) is 84.9 Å². The molecule has 2 heterocycles. The Morgan fingerprint density at radius 3 is 2.17 bits per heavy atom. The highest BCUT2D eigenvalue weighted by atomic mass is 32.1. The Kier molecular flexibility index (Phi) is 4.98. The van der Waals surface area contributed by atoms with Gasteiger partial charge in [0.2, 0.25) is 5.91 Å². The van der Waals surface area contributed by atoms with E-state index in [1.807, 2.05) is 24.3 Å². The first-order valence-corrected chi connectivity index (χ1v) is 9.81. The van der Waals surface area contributed by atoms with Crippen LogP contribution in [0.1, 0.15) is 32.5 Å². The summed E-state index contributed by atoms with van der Waals surface area (Å²) in [5.74, 6) is 0.0425. The number of nitrogens with one attached hydrogen (secondary N) is 1. The number of hydrogen-bond acceptors (Lipinski definition) is 5. The highest BCUT2D eigenvalue weighted by Gasteiger charge is 2.34. The van der Waals surface area contributed by atoms with Crippen LogP contribution in [0.25, 0.3) is 11.1 Å². The molecule has 4 rings (SSSR count). The average Bonchev–Trinajstić information content (AvgIpc) is 3.13. The minimum atomic E-state index is -1.02. The summed E-state index contributed by atoms with van der Waals surface area (Å²) in [7, 11) is 3.17. The van der Waals surface area contributed by atoms with Crippen LogP contribution in [-0.4, -0.2) is 31.2 Å². The lowest BCUT2D eigenvalue weighted by molar-refractivity contribution is -0.116. The molecule has 0 spiro atoms. The lowest BCUT2D eigenvalue weighted by Gasteiger charge is -2.24. The number of carbonyl (C=O) groups is 2. The van der Waals surface area contributed by atoms with E-state index in [4.69, 9.17) is 9.47 Å². The van der Waals surface area contributed by atoms with Crippen LogP contribution in [0, 0.1) is 0 Å². The zero-order valence-corrected chi connectivity index (χ0v) is 16.7. The molecule has 0 bridgehead atoms. The summed E-state index contributed by atoms with van der Waals surface area (Å²) in [5.41, 5.74) is 2.78. The molecule has 0 fully saturated rings. The third-order valence-electron chi connectivity index (χ3n) is 5.00. The first-order valence-electron chi connectivity index (χ1n) is 9.00. The van der Waals surface area contributed by atoms with Gasteiger partial charge in [0.25, 0.3) is 0 Å². The van der Waals surface area contributed by atoms with E-state index >= 15 is 0 Å². The van der Waals surface area contributed by atoms with Crippen LogP contribution in [0.2, 0.25) is 0 Å². The highest BCUT2D eigenvalue weighted by molar-refractivity contribution is 7.15. The molecule has 3 aromatic rings. The van der Waals surface area contributed by atoms with Gasteiger partial charge in [-0.2, -0.15) is 0 Å². The SMILES string of the molecule is COc1ccc(-c2c(C(=O)O)sc3c2NC(=O)CC3c2ccc(OC)cc2)cc1. The Morgan fingerprint density at radius 2 is 1.62 bits per heavy atom. The molecule has 1 unspecified atom stereocenters. The second kappa shape index (κ2) is 7.60. The van der Waals surface area contributed by atoms with Crippen molar-refractivity contribution in [3.8, 4) is 22.6 Å². The Labute approximate surface area is 171 Å². The largest absolute Gasteiger partial charge is 0.497 e. The molecule has 2 N–H and O–H groups in total. The standard InChI is InChI=1S/C22H19NO5S/c1-27-14-7-3-12(4-8-14)16-11-17(24)23-19-18(21(22(25)26)29-20(16)19)13-5-9-15(28-2)10-6-13/h3-10,16H,11H2,1-2H3,(H,23,24)(H,25,26). The molecule has 1 amide bonds. The van der Waals surface area contributed by atoms with E-state index in [-0.39, 0.29) is 23.1 Å². The van der Waals surface area contributed by atoms with Crippen molar-refractivity contribution in [3.05, 3.63) is 63.8 Å². The normalized spacial score (nSPS) is 15.4. The van der Waals surface area contributed by atoms with Gasteiger partial charge in [0, 0.05) is 22.8 Å². The number of hydrogen-bond donors (Lipinski definition) is 2. The summed E-state index contributed by atoms with van der Waals surface area (Å²) in [6.07, 6.45) is 0.265. The van der Waals surface area contributed by atoms with Gasteiger partial charge in [-0.05, 0) is 35.4 Å². The van der Waals surface area contributed by atoms with E-state index in [1.54, 1.807) is 38.5 Å². The number of rotatable bonds is 5. The van der Waals surface area contributed by atoms with Crippen molar-refractivity contribution in [1.82, 2.24) is 0 Å². The Hall–Kier alpha value is -3.32. The molecule has 1 atom stereocenters. The Bertz CT molecular complexity index is 1070. The van der Waals surface area contributed by atoms with Crippen LogP contribution in [0.3, 0.4) is 0 Å². The third kappa shape index (κ3) is 3.45. The molecule has 0 radical (unpaired) electrons. The van der Waals surface area contributed by atoms with Crippen LogP contribution < -0.4 is 14.8 Å². The predicted octanol–water partition coefficient (Wildman–Crippen LogP) is 4.60. The maximum atomic E-state index is 12.5. The molecule has 1 aliphatic heterocycles. The van der Waals surface area contributed by atoms with Gasteiger partial charge in [0.15, 0.2) is 0 Å². The summed E-state index contributed by atoms with van der Waals surface area (Å²) in [5, 5.41) is 12.7. The maximum Gasteiger partial charge on any atom is 0.346 e. The number of benzene rings is 2. The number of amides is 1. The fourth-order valence-electron chi connectivity index (χ4n) is 3.58. The van der Waals surface area contributed by atoms with Crippen LogP contribution in [0.5, 0.6) is 11.5 Å². The molecule has 1 aromatic heterocycles. The maximum absolute atomic E-state index is 12.5. The minimum Gasteiger partial charge on any atom is -0.497 e. The highest BCUT2D eigenvalue weighted by Crippen LogP contribution is 2.49. The Morgan fingerprint density at radius 1 is 1.03 bits per heavy atom. The fourth-order valence-corrected chi connectivity index (χ4v) is 4.82. The van der Waals surface area contributed by atoms with Crippen molar-refractivity contribution >= 4 is 28.9 Å². The van der Waals surface area contributed by atoms with Crippen LogP contribution in [0.4, 0.5) is 5.69 Å². The monoisotopic (exact) mass is 409 g/mol. The molecule has 0 saturated heterocycles. The van der Waals surface area contributed by atoms with Gasteiger partial charge in [-0.3, -0.25) is 4.79 Å². The molecule has 6 nitrogen and oxygen atoms in total. The molecular formula is C22H19NO5S. The number of carbonyl (C=O) groups excluding carboxylic acids is 1. The molecular weight excluding hydrogens is 390 g/mol. The first kappa shape index (κ1) is 19.0. The summed E-state index contributed by atoms with van der Waals surface area (Å²) in [6, 6.07) is 14.7. The van der Waals surface area contributed by atoms with Crippen LogP contribution >= 0.6 is 11.3 Å². The summed E-state index contributed by atoms with van der Waals surface area (Å²) in [6.45, 7) is 0. The van der Waals surface area contributed by atoms with Gasteiger partial charge < -0.3 is 19.9 Å². The lowest BCUT2D eigenvalue weighted by atomic mass is 9.88. The van der Waals surface area contributed by atoms with E-state index in [0.717, 1.165) is 21.8 Å². The Balaban J connectivity index is 1.87. The van der Waals surface area contributed by atoms with E-state index < -0.39 is 5.97 Å². The van der Waals surface area contributed by atoms with Gasteiger partial charge in [0.05, 0.1) is 19.9 Å². The van der Waals surface area contributed by atoms with Crippen molar-refractivity contribution in [2.75, 3.05) is 19.5 Å². The quantitative estimate of drug-likeness (QED) is 0.643. The summed E-state index contributed by atoms with van der Waals surface area (Å²) >= 11 is 1.21. The molecule has 0 aliphatic carbocycles. The predicted molar refractivity (Wildman–Crippen MR) is 111 cm³/mol. The number of anilines is 1. The van der Waals surface area contributed by atoms with Gasteiger partial charge in [-0.25, -0.2) is 4.79 Å². The molecule has 148 valence electrons. The summed E-state index contributed by atoms with van der Waals surface area (Å²) < 4.78 is 10.4. The van der Waals surface area contributed by atoms with Crippen LogP contribution in [-0.2, 0) is 4.79 Å². The van der Waals surface area contributed by atoms with Gasteiger partial charge in [-0.1, -0.05) is 24.3 Å². The lowest BCUT2D eigenvalue weighted by Crippen LogP contribution is -2.22. The van der Waals surface area contributed by atoms with E-state index in [1.165, 1.54) is 11.3 Å². The second-order valence-corrected chi connectivity index (χ2v) is 7.71. The van der Waals surface area contributed by atoms with Crippen molar-refractivity contribution in [1.29, 1.82) is 0 Å². The number of carboxylic acid groups (broad SMARTS) is 1. The molecule has 7 heteroatoms. The number of carboxylic acids is 1. The molecule has 1 aliphatic rings. The number of fused-ring (bicyclic) bond motifs is 1. The fraction of sp³-hybridized carbons (Fsp3) is 0.182. The first-order chi connectivity index (χ1) is 14.0. The number of aromatic carboxylic acids is 1. The van der Waals surface area contributed by atoms with Crippen molar-refractivity contribution in [3.63, 3.8) is 0 Å². The van der Waals surface area contributed by atoms with Gasteiger partial charge in [0.1, 0.15) is 16.4 Å². The minimum absolute atomic E-state index is 0.136. The number of methoxy groups -OCH3 is 2. The van der Waals surface area contributed by atoms with Crippen molar-refractivity contribution in [2.24, 2.45) is 0 Å². The van der Waals surface area contributed by atoms with E-state index in [9.17, 15) is 14.7 Å². The van der Waals surface area contributed by atoms with Crippen molar-refractivity contribution < 1.29 is 24.2 Å². The van der Waals surface area contributed by atoms with Gasteiger partial charge >= 0.3 is 5.97 Å². The van der Waals surface area contributed by atoms with Crippen LogP contribution in [0.15, 0.2) is 48.5 Å². The smallest absolute Gasteiger partial charge is 0.346 e. The average molecular weight is 409 g/mol. The number of thiophene rings is 1. The molecule has 0 saturated carbocycles. The molecule has 29 heavy (non-hydrogen) atoms. The molecule has 2 aromatic carbocycles. The van der Waals surface area contributed by atoms with E-state index in [0.29, 0.717) is 17.0 Å². The number of ether oxygens (including phenoxy) is 2. The van der Waals surface area contributed by atoms with Gasteiger partial charge in [-0.15, -0.1) is 11.3 Å². The zero-order chi connectivity index (χ0) is 20.5. The summed E-state index contributed by atoms with van der Waals surface area (Å²) in [4.78, 5) is 25.6.